The Morgan fingerprint density at radius 2 is 2.00 bits per heavy atom. The van der Waals surface area contributed by atoms with Gasteiger partial charge in [-0.3, -0.25) is 14.9 Å². The predicted octanol–water partition coefficient (Wildman–Crippen LogP) is 2.65. The van der Waals surface area contributed by atoms with Crippen LogP contribution in [-0.2, 0) is 6.61 Å². The molecule has 0 bridgehead atoms. The number of hydrogen-bond donors (Lipinski definition) is 2. The van der Waals surface area contributed by atoms with Crippen molar-refractivity contribution >= 4 is 17.3 Å². The molecule has 0 saturated heterocycles. The quantitative estimate of drug-likeness (QED) is 0.667. The van der Waals surface area contributed by atoms with Gasteiger partial charge in [0.2, 0.25) is 0 Å². The SMILES string of the molecule is Cc1cc([N+](=O)[O-])ccc1C(=O)Nc1ccccc1CO. The summed E-state index contributed by atoms with van der Waals surface area (Å²) in [5.41, 5.74) is 1.93. The molecule has 0 fully saturated rings. The van der Waals surface area contributed by atoms with Crippen LogP contribution in [0.15, 0.2) is 42.5 Å². The summed E-state index contributed by atoms with van der Waals surface area (Å²) in [6.45, 7) is 1.45. The monoisotopic (exact) mass is 286 g/mol. The average molecular weight is 286 g/mol. The number of para-hydroxylation sites is 1. The number of nitrogens with zero attached hydrogens (tertiary/aromatic N) is 1. The molecule has 2 N–H and O–H groups in total. The van der Waals surface area contributed by atoms with Crippen molar-refractivity contribution in [2.24, 2.45) is 0 Å². The Morgan fingerprint density at radius 3 is 2.62 bits per heavy atom. The standard InChI is InChI=1S/C15H14N2O4/c1-10-8-12(17(20)21)6-7-13(10)15(19)16-14-5-3-2-4-11(14)9-18/h2-8,18H,9H2,1H3,(H,16,19). The van der Waals surface area contributed by atoms with Crippen LogP contribution in [0.2, 0.25) is 0 Å². The first-order valence-electron chi connectivity index (χ1n) is 6.28. The molecule has 0 saturated carbocycles. The number of aryl methyl sites for hydroxylation is 1. The van der Waals surface area contributed by atoms with Gasteiger partial charge in [-0.1, -0.05) is 18.2 Å². The second-order valence-electron chi connectivity index (χ2n) is 4.53. The molecule has 0 aliphatic rings. The summed E-state index contributed by atoms with van der Waals surface area (Å²) in [4.78, 5) is 22.4. The lowest BCUT2D eigenvalue weighted by atomic mass is 10.1. The molecule has 21 heavy (non-hydrogen) atoms. The molecule has 6 nitrogen and oxygen atoms in total. The fourth-order valence-corrected chi connectivity index (χ4v) is 1.99. The fraction of sp³-hybridized carbons (Fsp3) is 0.133. The smallest absolute Gasteiger partial charge is 0.269 e. The Kier molecular flexibility index (Phi) is 4.30. The maximum Gasteiger partial charge on any atom is 0.269 e. The van der Waals surface area contributed by atoms with Crippen molar-refractivity contribution in [2.45, 2.75) is 13.5 Å². The Bertz CT molecular complexity index is 698. The van der Waals surface area contributed by atoms with Crippen LogP contribution in [0, 0.1) is 17.0 Å². The number of rotatable bonds is 4. The number of nitro benzene ring substituents is 1. The van der Waals surface area contributed by atoms with E-state index in [4.69, 9.17) is 0 Å². The van der Waals surface area contributed by atoms with Crippen molar-refractivity contribution in [3.63, 3.8) is 0 Å². The second kappa shape index (κ2) is 6.15. The molecule has 2 aromatic rings. The van der Waals surface area contributed by atoms with E-state index >= 15 is 0 Å². The minimum absolute atomic E-state index is 0.0557. The van der Waals surface area contributed by atoms with Crippen molar-refractivity contribution in [3.8, 4) is 0 Å². The minimum Gasteiger partial charge on any atom is -0.392 e. The van der Waals surface area contributed by atoms with Crippen molar-refractivity contribution in [1.29, 1.82) is 0 Å². The van der Waals surface area contributed by atoms with Crippen LogP contribution in [0.25, 0.3) is 0 Å². The second-order valence-corrected chi connectivity index (χ2v) is 4.53. The molecular formula is C15H14N2O4. The lowest BCUT2D eigenvalue weighted by Crippen LogP contribution is -2.14. The van der Waals surface area contributed by atoms with Gasteiger partial charge in [-0.2, -0.15) is 0 Å². The van der Waals surface area contributed by atoms with Crippen LogP contribution >= 0.6 is 0 Å². The van der Waals surface area contributed by atoms with E-state index in [1.165, 1.54) is 18.2 Å². The normalized spacial score (nSPS) is 10.2. The van der Waals surface area contributed by atoms with Gasteiger partial charge in [-0.05, 0) is 24.6 Å². The third-order valence-electron chi connectivity index (χ3n) is 3.10. The van der Waals surface area contributed by atoms with Gasteiger partial charge in [0.25, 0.3) is 11.6 Å². The van der Waals surface area contributed by atoms with Crippen LogP contribution in [0.4, 0.5) is 11.4 Å². The Labute approximate surface area is 121 Å². The van der Waals surface area contributed by atoms with Gasteiger partial charge in [-0.15, -0.1) is 0 Å². The van der Waals surface area contributed by atoms with Crippen molar-refractivity contribution in [3.05, 3.63) is 69.3 Å². The lowest BCUT2D eigenvalue weighted by Gasteiger charge is -2.10. The first kappa shape index (κ1) is 14.7. The Balaban J connectivity index is 2.26. The van der Waals surface area contributed by atoms with Crippen molar-refractivity contribution < 1.29 is 14.8 Å². The number of nitrogens with one attached hydrogen (secondary N) is 1. The number of nitro groups is 1. The van der Waals surface area contributed by atoms with E-state index in [-0.39, 0.29) is 18.2 Å². The number of hydrogen-bond acceptors (Lipinski definition) is 4. The Hall–Kier alpha value is -2.73. The maximum atomic E-state index is 12.2. The van der Waals surface area contributed by atoms with E-state index in [1.54, 1.807) is 31.2 Å². The third-order valence-corrected chi connectivity index (χ3v) is 3.10. The van der Waals surface area contributed by atoms with Crippen molar-refractivity contribution in [1.82, 2.24) is 0 Å². The molecule has 0 aliphatic heterocycles. The summed E-state index contributed by atoms with van der Waals surface area (Å²) < 4.78 is 0. The largest absolute Gasteiger partial charge is 0.392 e. The fourth-order valence-electron chi connectivity index (χ4n) is 1.99. The highest BCUT2D eigenvalue weighted by Gasteiger charge is 2.14. The molecule has 0 atom stereocenters. The molecule has 2 aromatic carbocycles. The molecule has 2 rings (SSSR count). The summed E-state index contributed by atoms with van der Waals surface area (Å²) in [7, 11) is 0. The number of anilines is 1. The highest BCUT2D eigenvalue weighted by atomic mass is 16.6. The number of aliphatic hydroxyl groups is 1. The zero-order valence-corrected chi connectivity index (χ0v) is 11.4. The van der Waals surface area contributed by atoms with E-state index in [2.05, 4.69) is 5.32 Å². The van der Waals surface area contributed by atoms with Crippen LogP contribution in [0.5, 0.6) is 0 Å². The number of amides is 1. The van der Waals surface area contributed by atoms with Gasteiger partial charge in [0.15, 0.2) is 0 Å². The maximum absolute atomic E-state index is 12.2. The van der Waals surface area contributed by atoms with Gasteiger partial charge in [0, 0.05) is 28.9 Å². The van der Waals surface area contributed by atoms with Gasteiger partial charge < -0.3 is 10.4 Å². The van der Waals surface area contributed by atoms with Gasteiger partial charge in [0.1, 0.15) is 0 Å². The van der Waals surface area contributed by atoms with Crippen LogP contribution in [0.3, 0.4) is 0 Å². The summed E-state index contributed by atoms with van der Waals surface area (Å²) in [6, 6.07) is 11.0. The van der Waals surface area contributed by atoms with Crippen LogP contribution in [-0.4, -0.2) is 15.9 Å². The molecule has 0 heterocycles. The minimum atomic E-state index is -0.504. The summed E-state index contributed by atoms with van der Waals surface area (Å²) in [5, 5.41) is 22.6. The van der Waals surface area contributed by atoms with Gasteiger partial charge in [-0.25, -0.2) is 0 Å². The molecule has 0 unspecified atom stereocenters. The number of carbonyl (C=O) groups is 1. The zero-order valence-electron chi connectivity index (χ0n) is 11.4. The topological polar surface area (TPSA) is 92.5 Å². The number of carbonyl (C=O) groups excluding carboxylic acids is 1. The molecule has 1 amide bonds. The molecule has 0 aliphatic carbocycles. The van der Waals surface area contributed by atoms with E-state index in [9.17, 15) is 20.0 Å². The molecule has 0 spiro atoms. The lowest BCUT2D eigenvalue weighted by molar-refractivity contribution is -0.384. The highest BCUT2D eigenvalue weighted by Crippen LogP contribution is 2.20. The summed E-state index contributed by atoms with van der Waals surface area (Å²) >= 11 is 0. The number of non-ortho nitro benzene ring substituents is 1. The van der Waals surface area contributed by atoms with E-state index in [1.807, 2.05) is 0 Å². The van der Waals surface area contributed by atoms with E-state index < -0.39 is 4.92 Å². The van der Waals surface area contributed by atoms with E-state index in [0.717, 1.165) is 0 Å². The molecule has 108 valence electrons. The zero-order chi connectivity index (χ0) is 15.4. The molecular weight excluding hydrogens is 272 g/mol. The van der Waals surface area contributed by atoms with Gasteiger partial charge in [0.05, 0.1) is 11.5 Å². The Morgan fingerprint density at radius 1 is 1.29 bits per heavy atom. The van der Waals surface area contributed by atoms with Crippen LogP contribution in [0.1, 0.15) is 21.5 Å². The highest BCUT2D eigenvalue weighted by molar-refractivity contribution is 6.05. The van der Waals surface area contributed by atoms with Crippen molar-refractivity contribution in [2.75, 3.05) is 5.32 Å². The van der Waals surface area contributed by atoms with Crippen LogP contribution < -0.4 is 5.32 Å². The molecule has 0 radical (unpaired) electrons. The van der Waals surface area contributed by atoms with Gasteiger partial charge >= 0.3 is 0 Å². The van der Waals surface area contributed by atoms with E-state index in [0.29, 0.717) is 22.4 Å². The summed E-state index contributed by atoms with van der Waals surface area (Å²) in [5.74, 6) is -0.372. The first-order chi connectivity index (χ1) is 10.0. The number of aliphatic hydroxyl groups excluding tert-OH is 1. The predicted molar refractivity (Wildman–Crippen MR) is 78.2 cm³/mol. The molecule has 6 heteroatoms. The molecule has 0 aromatic heterocycles. The first-order valence-corrected chi connectivity index (χ1v) is 6.28. The summed E-state index contributed by atoms with van der Waals surface area (Å²) in [6.07, 6.45) is 0. The average Bonchev–Trinajstić information content (AvgIpc) is 2.47. The third kappa shape index (κ3) is 3.24. The number of benzene rings is 2.